The second-order valence-electron chi connectivity index (χ2n) is 4.02. The van der Waals surface area contributed by atoms with E-state index >= 15 is 0 Å². The van der Waals surface area contributed by atoms with E-state index in [0.717, 1.165) is 11.3 Å². The molecule has 7 heteroatoms. The minimum atomic E-state index is -2.48. The largest absolute Gasteiger partial charge is 0.469 e. The van der Waals surface area contributed by atoms with Crippen molar-refractivity contribution in [3.05, 3.63) is 0 Å². The van der Waals surface area contributed by atoms with Crippen LogP contribution in [0.2, 0.25) is 0 Å². The van der Waals surface area contributed by atoms with Crippen molar-refractivity contribution in [1.82, 2.24) is 10.2 Å². The molecule has 0 saturated heterocycles. The molecule has 1 aromatic rings. The van der Waals surface area contributed by atoms with Crippen LogP contribution in [0.4, 0.5) is 13.9 Å². The molecule has 0 bridgehead atoms. The van der Waals surface area contributed by atoms with Crippen molar-refractivity contribution in [3.63, 3.8) is 0 Å². The summed E-state index contributed by atoms with van der Waals surface area (Å²) in [4.78, 5) is 0. The summed E-state index contributed by atoms with van der Waals surface area (Å²) in [6.07, 6.45) is 0.918. The first-order valence-corrected chi connectivity index (χ1v) is 5.96. The third-order valence-corrected chi connectivity index (χ3v) is 3.37. The average Bonchev–Trinajstić information content (AvgIpc) is 2.63. The lowest BCUT2D eigenvalue weighted by molar-refractivity contribution is -0.0498. The number of aromatic nitrogens is 2. The lowest BCUT2D eigenvalue weighted by Crippen LogP contribution is -2.27. The topological polar surface area (TPSA) is 61.0 Å². The number of ether oxygens (including phenoxy) is 1. The summed E-state index contributed by atoms with van der Waals surface area (Å²) in [6.45, 7) is 0.421. The zero-order valence-corrected chi connectivity index (χ0v) is 9.47. The van der Waals surface area contributed by atoms with E-state index in [0.29, 0.717) is 29.8 Å². The van der Waals surface area contributed by atoms with Gasteiger partial charge in [-0.1, -0.05) is 5.10 Å². The number of anilines is 1. The van der Waals surface area contributed by atoms with E-state index < -0.39 is 5.92 Å². The van der Waals surface area contributed by atoms with Gasteiger partial charge >= 0.3 is 0 Å². The van der Waals surface area contributed by atoms with Gasteiger partial charge in [0.15, 0.2) is 0 Å². The van der Waals surface area contributed by atoms with Crippen LogP contribution in [-0.2, 0) is 0 Å². The van der Waals surface area contributed by atoms with Gasteiger partial charge in [-0.3, -0.25) is 0 Å². The Kier molecular flexibility index (Phi) is 3.22. The molecule has 2 N–H and O–H groups in total. The standard InChI is InChI=1S/C9H13F2N3OS/c10-9(11)3-1-6(2-4-9)5-15-8-14-13-7(12)16-8/h6H,1-5H2,(H2,12,13). The van der Waals surface area contributed by atoms with Crippen LogP contribution in [0.3, 0.4) is 0 Å². The van der Waals surface area contributed by atoms with Crippen molar-refractivity contribution in [2.24, 2.45) is 5.92 Å². The molecule has 0 radical (unpaired) electrons. The fraction of sp³-hybridized carbons (Fsp3) is 0.778. The third-order valence-electron chi connectivity index (χ3n) is 2.70. The Labute approximate surface area is 95.8 Å². The first-order chi connectivity index (χ1) is 7.55. The molecule has 0 amide bonds. The number of hydrogen-bond acceptors (Lipinski definition) is 5. The average molecular weight is 249 g/mol. The van der Waals surface area contributed by atoms with Gasteiger partial charge in [-0.15, -0.1) is 5.10 Å². The van der Waals surface area contributed by atoms with Gasteiger partial charge in [-0.2, -0.15) is 0 Å². The van der Waals surface area contributed by atoms with Crippen LogP contribution in [0.5, 0.6) is 5.19 Å². The van der Waals surface area contributed by atoms with Crippen LogP contribution in [-0.4, -0.2) is 22.7 Å². The number of nitrogens with two attached hydrogens (primary N) is 1. The lowest BCUT2D eigenvalue weighted by Gasteiger charge is -2.27. The number of rotatable bonds is 3. The van der Waals surface area contributed by atoms with Gasteiger partial charge in [0, 0.05) is 12.8 Å². The van der Waals surface area contributed by atoms with Crippen molar-refractivity contribution < 1.29 is 13.5 Å². The molecule has 1 aliphatic rings. The monoisotopic (exact) mass is 249 g/mol. The van der Waals surface area contributed by atoms with Gasteiger partial charge in [-0.05, 0) is 30.1 Å². The quantitative estimate of drug-likeness (QED) is 0.893. The molecule has 1 aromatic heterocycles. The number of hydrogen-bond donors (Lipinski definition) is 1. The van der Waals surface area contributed by atoms with E-state index in [2.05, 4.69) is 10.2 Å². The molecule has 0 aromatic carbocycles. The van der Waals surface area contributed by atoms with Gasteiger partial charge in [0.05, 0.1) is 6.61 Å². The van der Waals surface area contributed by atoms with Crippen LogP contribution < -0.4 is 10.5 Å². The Bertz CT molecular complexity index is 348. The Morgan fingerprint density at radius 1 is 1.38 bits per heavy atom. The highest BCUT2D eigenvalue weighted by atomic mass is 32.1. The van der Waals surface area contributed by atoms with Crippen LogP contribution in [0.25, 0.3) is 0 Å². The molecule has 0 spiro atoms. The molecule has 4 nitrogen and oxygen atoms in total. The van der Waals surface area contributed by atoms with E-state index in [1.807, 2.05) is 0 Å². The normalized spacial score (nSPS) is 20.9. The van der Waals surface area contributed by atoms with Gasteiger partial charge in [-0.25, -0.2) is 8.78 Å². The number of nitrogens with zero attached hydrogens (tertiary/aromatic N) is 2. The van der Waals surface area contributed by atoms with Crippen LogP contribution >= 0.6 is 11.3 Å². The van der Waals surface area contributed by atoms with Crippen LogP contribution in [0.15, 0.2) is 0 Å². The molecule has 90 valence electrons. The van der Waals surface area contributed by atoms with Gasteiger partial charge in [0.1, 0.15) is 0 Å². The van der Waals surface area contributed by atoms with E-state index in [9.17, 15) is 8.78 Å². The molecule has 2 rings (SSSR count). The van der Waals surface area contributed by atoms with E-state index in [1.165, 1.54) is 0 Å². The summed E-state index contributed by atoms with van der Waals surface area (Å²) in [5.74, 6) is -2.30. The predicted molar refractivity (Wildman–Crippen MR) is 56.7 cm³/mol. The Hall–Kier alpha value is -0.980. The second kappa shape index (κ2) is 4.48. The smallest absolute Gasteiger partial charge is 0.295 e. The first-order valence-electron chi connectivity index (χ1n) is 5.15. The molecular weight excluding hydrogens is 236 g/mol. The first kappa shape index (κ1) is 11.5. The van der Waals surface area contributed by atoms with Gasteiger partial charge in [0.25, 0.3) is 5.19 Å². The molecule has 1 heterocycles. The molecule has 1 aliphatic carbocycles. The van der Waals surface area contributed by atoms with Crippen molar-refractivity contribution in [2.45, 2.75) is 31.6 Å². The maximum absolute atomic E-state index is 12.9. The zero-order valence-electron chi connectivity index (χ0n) is 8.66. The highest BCUT2D eigenvalue weighted by Gasteiger charge is 2.35. The SMILES string of the molecule is Nc1nnc(OCC2CCC(F)(F)CC2)s1. The third kappa shape index (κ3) is 3.01. The van der Waals surface area contributed by atoms with E-state index in [-0.39, 0.29) is 18.8 Å². The maximum Gasteiger partial charge on any atom is 0.295 e. The molecule has 0 aliphatic heterocycles. The summed E-state index contributed by atoms with van der Waals surface area (Å²) in [5, 5.41) is 8.07. The Morgan fingerprint density at radius 3 is 2.62 bits per heavy atom. The van der Waals surface area contributed by atoms with Crippen molar-refractivity contribution in [3.8, 4) is 5.19 Å². The van der Waals surface area contributed by atoms with Gasteiger partial charge < -0.3 is 10.5 Å². The number of halogens is 2. The lowest BCUT2D eigenvalue weighted by atomic mass is 9.87. The Balaban J connectivity index is 1.75. The van der Waals surface area contributed by atoms with Crippen LogP contribution in [0.1, 0.15) is 25.7 Å². The van der Waals surface area contributed by atoms with E-state index in [1.54, 1.807) is 0 Å². The van der Waals surface area contributed by atoms with Crippen LogP contribution in [0, 0.1) is 5.92 Å². The molecule has 1 fully saturated rings. The van der Waals surface area contributed by atoms with Gasteiger partial charge in [0.2, 0.25) is 11.1 Å². The summed E-state index contributed by atoms with van der Waals surface area (Å²) in [5.41, 5.74) is 5.39. The highest BCUT2D eigenvalue weighted by molar-refractivity contribution is 7.16. The summed E-state index contributed by atoms with van der Waals surface area (Å²) < 4.78 is 31.1. The van der Waals surface area contributed by atoms with Crippen molar-refractivity contribution in [1.29, 1.82) is 0 Å². The molecule has 0 unspecified atom stereocenters. The second-order valence-corrected chi connectivity index (χ2v) is 4.99. The molecule has 16 heavy (non-hydrogen) atoms. The summed E-state index contributed by atoms with van der Waals surface area (Å²) >= 11 is 1.16. The summed E-state index contributed by atoms with van der Waals surface area (Å²) in [6, 6.07) is 0. The zero-order chi connectivity index (χ0) is 11.6. The summed E-state index contributed by atoms with van der Waals surface area (Å²) in [7, 11) is 0. The molecular formula is C9H13F2N3OS. The number of nitrogen functional groups attached to an aromatic ring is 1. The maximum atomic E-state index is 12.9. The minimum Gasteiger partial charge on any atom is -0.469 e. The predicted octanol–water partition coefficient (Wildman–Crippen LogP) is 2.32. The number of alkyl halides is 2. The van der Waals surface area contributed by atoms with Crippen molar-refractivity contribution >= 4 is 16.5 Å². The van der Waals surface area contributed by atoms with Crippen molar-refractivity contribution in [2.75, 3.05) is 12.3 Å². The highest BCUT2D eigenvalue weighted by Crippen LogP contribution is 2.36. The molecule has 1 saturated carbocycles. The molecule has 0 atom stereocenters. The minimum absolute atomic E-state index is 0.0424. The van der Waals surface area contributed by atoms with E-state index in [4.69, 9.17) is 10.5 Å². The fourth-order valence-electron chi connectivity index (χ4n) is 1.73. The fourth-order valence-corrected chi connectivity index (χ4v) is 2.20. The Morgan fingerprint density at radius 2 is 2.06 bits per heavy atom.